The van der Waals surface area contributed by atoms with Gasteiger partial charge in [0.2, 0.25) is 5.91 Å². The molecule has 1 amide bonds. The number of amides is 1. The summed E-state index contributed by atoms with van der Waals surface area (Å²) in [6.07, 6.45) is 1.74. The number of alkyl halides is 3. The first-order valence-corrected chi connectivity index (χ1v) is 7.10. The number of piperidine rings is 1. The number of likely N-dealkylation sites (tertiary alicyclic amines) is 1. The summed E-state index contributed by atoms with van der Waals surface area (Å²) in [5.41, 5.74) is -4.32. The third-order valence-electron chi connectivity index (χ3n) is 3.01. The summed E-state index contributed by atoms with van der Waals surface area (Å²) in [5.74, 6) is -0.370. The van der Waals surface area contributed by atoms with Crippen molar-refractivity contribution in [2.75, 3.05) is 31.9 Å². The van der Waals surface area contributed by atoms with Crippen LogP contribution in [0.25, 0.3) is 0 Å². The van der Waals surface area contributed by atoms with E-state index in [2.05, 4.69) is 5.32 Å². The molecule has 0 aromatic rings. The van der Waals surface area contributed by atoms with E-state index in [4.69, 9.17) is 0 Å². The third kappa shape index (κ3) is 5.95. The molecule has 1 aliphatic heterocycles. The van der Waals surface area contributed by atoms with Crippen molar-refractivity contribution in [2.45, 2.75) is 25.3 Å². The number of thioether (sulfide) groups is 1. The number of carbonyl (C=O) groups excluding carboxylic acids is 1. The molecule has 0 atom stereocenters. The van der Waals surface area contributed by atoms with Gasteiger partial charge in [-0.2, -0.15) is 13.2 Å². The fraction of sp³-hybridized carbons (Fsp3) is 0.909. The van der Waals surface area contributed by atoms with Crippen molar-refractivity contribution in [1.82, 2.24) is 10.2 Å². The van der Waals surface area contributed by atoms with E-state index in [0.29, 0.717) is 19.0 Å². The Hall–Kier alpha value is -0.430. The molecule has 7 heteroatoms. The highest BCUT2D eigenvalue weighted by Gasteiger charge is 2.31. The summed E-state index contributed by atoms with van der Waals surface area (Å²) >= 11 is -0.254. The van der Waals surface area contributed by atoms with Crippen LogP contribution in [0.2, 0.25) is 0 Å². The highest BCUT2D eigenvalue weighted by Crippen LogP contribution is 2.30. The molecule has 3 nitrogen and oxygen atoms in total. The first-order valence-electron chi connectivity index (χ1n) is 6.11. The molecule has 1 saturated heterocycles. The summed E-state index contributed by atoms with van der Waals surface area (Å²) in [6.45, 7) is 5.03. The van der Waals surface area contributed by atoms with Crippen LogP contribution in [0.4, 0.5) is 13.2 Å². The quantitative estimate of drug-likeness (QED) is 0.839. The van der Waals surface area contributed by atoms with Crippen LogP contribution in [0.15, 0.2) is 0 Å². The van der Waals surface area contributed by atoms with Crippen molar-refractivity contribution in [2.24, 2.45) is 5.92 Å². The number of nitrogens with zero attached hydrogens (tertiary/aromatic N) is 1. The third-order valence-corrected chi connectivity index (χ3v) is 3.73. The van der Waals surface area contributed by atoms with Crippen LogP contribution in [0.5, 0.6) is 0 Å². The number of nitrogens with one attached hydrogen (secondary N) is 1. The van der Waals surface area contributed by atoms with Gasteiger partial charge < -0.3 is 10.2 Å². The summed E-state index contributed by atoms with van der Waals surface area (Å²) < 4.78 is 35.9. The lowest BCUT2D eigenvalue weighted by Gasteiger charge is -2.32. The van der Waals surface area contributed by atoms with Crippen molar-refractivity contribution in [3.05, 3.63) is 0 Å². The van der Waals surface area contributed by atoms with Gasteiger partial charge in [-0.1, -0.05) is 6.92 Å². The topological polar surface area (TPSA) is 32.3 Å². The number of rotatable bonds is 5. The molecule has 0 saturated carbocycles. The molecule has 0 bridgehead atoms. The second-order valence-electron chi connectivity index (χ2n) is 4.37. The Morgan fingerprint density at radius 1 is 1.39 bits per heavy atom. The fourth-order valence-corrected chi connectivity index (χ4v) is 2.44. The lowest BCUT2D eigenvalue weighted by Crippen LogP contribution is -2.41. The van der Waals surface area contributed by atoms with E-state index in [-0.39, 0.29) is 11.8 Å². The monoisotopic (exact) mass is 284 g/mol. The molecule has 1 N–H and O–H groups in total. The van der Waals surface area contributed by atoms with Crippen LogP contribution in [0, 0.1) is 5.92 Å². The molecule has 18 heavy (non-hydrogen) atoms. The van der Waals surface area contributed by atoms with Crippen molar-refractivity contribution < 1.29 is 18.0 Å². The van der Waals surface area contributed by atoms with Crippen LogP contribution in [-0.2, 0) is 4.79 Å². The highest BCUT2D eigenvalue weighted by molar-refractivity contribution is 8.00. The molecular formula is C11H19F3N2OS. The zero-order valence-corrected chi connectivity index (χ0v) is 11.2. The predicted molar refractivity (Wildman–Crippen MR) is 66.4 cm³/mol. The average molecular weight is 284 g/mol. The van der Waals surface area contributed by atoms with Gasteiger partial charge in [-0.25, -0.2) is 0 Å². The maximum atomic E-state index is 12.0. The minimum atomic E-state index is -4.32. The van der Waals surface area contributed by atoms with Gasteiger partial charge in [0.25, 0.3) is 0 Å². The Bertz CT molecular complexity index is 266. The first kappa shape index (κ1) is 15.6. The average Bonchev–Trinajstić information content (AvgIpc) is 2.33. The summed E-state index contributed by atoms with van der Waals surface area (Å²) in [7, 11) is 0. The van der Waals surface area contributed by atoms with E-state index in [0.717, 1.165) is 25.9 Å². The van der Waals surface area contributed by atoms with Gasteiger partial charge in [0.15, 0.2) is 0 Å². The summed E-state index contributed by atoms with van der Waals surface area (Å²) in [6, 6.07) is 0. The SMILES string of the molecule is CCNCC1CCN(C(=O)CSC(F)(F)F)CC1. The normalized spacial score (nSPS) is 18.1. The number of carbonyl (C=O) groups is 1. The molecule has 0 radical (unpaired) electrons. The molecular weight excluding hydrogens is 265 g/mol. The van der Waals surface area contributed by atoms with Crippen molar-refractivity contribution >= 4 is 17.7 Å². The van der Waals surface area contributed by atoms with Crippen LogP contribution in [-0.4, -0.2) is 48.2 Å². The fourth-order valence-electron chi connectivity index (χ4n) is 1.97. The zero-order valence-electron chi connectivity index (χ0n) is 10.4. The van der Waals surface area contributed by atoms with Gasteiger partial charge in [0, 0.05) is 13.1 Å². The Kier molecular flexibility index (Phi) is 6.28. The van der Waals surface area contributed by atoms with E-state index < -0.39 is 17.2 Å². The second-order valence-corrected chi connectivity index (χ2v) is 5.41. The lowest BCUT2D eigenvalue weighted by molar-refractivity contribution is -0.129. The van der Waals surface area contributed by atoms with E-state index >= 15 is 0 Å². The molecule has 1 fully saturated rings. The van der Waals surface area contributed by atoms with Gasteiger partial charge in [-0.05, 0) is 43.6 Å². The molecule has 106 valence electrons. The maximum Gasteiger partial charge on any atom is 0.442 e. The van der Waals surface area contributed by atoms with Crippen molar-refractivity contribution in [3.63, 3.8) is 0 Å². The molecule has 1 rings (SSSR count). The summed E-state index contributed by atoms with van der Waals surface area (Å²) in [4.78, 5) is 13.1. The Morgan fingerprint density at radius 2 is 2.00 bits per heavy atom. The lowest BCUT2D eigenvalue weighted by atomic mass is 9.97. The van der Waals surface area contributed by atoms with E-state index in [1.807, 2.05) is 6.92 Å². The number of hydrogen-bond acceptors (Lipinski definition) is 3. The Balaban J connectivity index is 2.23. The van der Waals surface area contributed by atoms with Crippen LogP contribution in [0.1, 0.15) is 19.8 Å². The van der Waals surface area contributed by atoms with Gasteiger partial charge >= 0.3 is 5.51 Å². The van der Waals surface area contributed by atoms with E-state index in [9.17, 15) is 18.0 Å². The molecule has 0 aliphatic carbocycles. The van der Waals surface area contributed by atoms with Crippen LogP contribution >= 0.6 is 11.8 Å². The number of halogens is 3. The molecule has 0 aromatic heterocycles. The van der Waals surface area contributed by atoms with Gasteiger partial charge in [0.05, 0.1) is 5.75 Å². The first-order chi connectivity index (χ1) is 8.42. The van der Waals surface area contributed by atoms with Gasteiger partial charge in [-0.3, -0.25) is 4.79 Å². The largest absolute Gasteiger partial charge is 0.442 e. The molecule has 0 aromatic carbocycles. The molecule has 1 heterocycles. The minimum absolute atomic E-state index is 0.254. The Morgan fingerprint density at radius 3 is 2.50 bits per heavy atom. The van der Waals surface area contributed by atoms with E-state index in [1.54, 1.807) is 4.90 Å². The minimum Gasteiger partial charge on any atom is -0.342 e. The zero-order chi connectivity index (χ0) is 13.6. The maximum absolute atomic E-state index is 12.0. The van der Waals surface area contributed by atoms with Gasteiger partial charge in [0.1, 0.15) is 0 Å². The Labute approximate surface area is 109 Å². The standard InChI is InChI=1S/C11H19F3N2OS/c1-2-15-7-9-3-5-16(6-4-9)10(17)8-18-11(12,13)14/h9,15H,2-8H2,1H3. The molecule has 1 aliphatic rings. The molecule has 0 spiro atoms. The highest BCUT2D eigenvalue weighted by atomic mass is 32.2. The summed E-state index contributed by atoms with van der Waals surface area (Å²) in [5, 5.41) is 3.25. The molecule has 0 unspecified atom stereocenters. The van der Waals surface area contributed by atoms with Crippen molar-refractivity contribution in [1.29, 1.82) is 0 Å². The smallest absolute Gasteiger partial charge is 0.342 e. The predicted octanol–water partition coefficient (Wildman–Crippen LogP) is 2.09. The second kappa shape index (κ2) is 7.23. The van der Waals surface area contributed by atoms with Crippen molar-refractivity contribution in [3.8, 4) is 0 Å². The van der Waals surface area contributed by atoms with Crippen LogP contribution < -0.4 is 5.32 Å². The van der Waals surface area contributed by atoms with Gasteiger partial charge in [-0.15, -0.1) is 0 Å². The van der Waals surface area contributed by atoms with E-state index in [1.165, 1.54) is 0 Å². The van der Waals surface area contributed by atoms with Crippen LogP contribution in [0.3, 0.4) is 0 Å². The number of hydrogen-bond donors (Lipinski definition) is 1.